The van der Waals surface area contributed by atoms with Crippen LogP contribution in [0.4, 0.5) is 0 Å². The molecule has 226 valence electrons. The van der Waals surface area contributed by atoms with Crippen LogP contribution >= 0.6 is 0 Å². The highest BCUT2D eigenvalue weighted by Crippen LogP contribution is 2.14. The lowest BCUT2D eigenvalue weighted by Gasteiger charge is -2.18. The van der Waals surface area contributed by atoms with Crippen LogP contribution in [0, 0.1) is 0 Å². The number of hydrogen-bond donors (Lipinski definition) is 0. The highest BCUT2D eigenvalue weighted by atomic mass is 16.6. The second-order valence-electron chi connectivity index (χ2n) is 11.0. The summed E-state index contributed by atoms with van der Waals surface area (Å²) in [5, 5.41) is 0. The molecule has 0 spiro atoms. The van der Waals surface area contributed by atoms with Gasteiger partial charge in [-0.3, -0.25) is 9.59 Å². The standard InChI is InChI=1S/C33H64O5/c1-4-7-9-11-13-15-17-19-21-23-25-27-32(34)37-30-31(29-36-6-3)38-33(35)28-26-24-22-20-18-16-14-12-10-8-5-2/h31H,4-30H2,1-3H3. The summed E-state index contributed by atoms with van der Waals surface area (Å²) in [7, 11) is 0. The number of carbonyl (C=O) groups excluding carboxylic acids is 2. The van der Waals surface area contributed by atoms with Gasteiger partial charge in [0.15, 0.2) is 6.10 Å². The Morgan fingerprint density at radius 2 is 0.842 bits per heavy atom. The summed E-state index contributed by atoms with van der Waals surface area (Å²) in [5.74, 6) is -0.420. The minimum absolute atomic E-state index is 0.0842. The minimum Gasteiger partial charge on any atom is -0.462 e. The largest absolute Gasteiger partial charge is 0.462 e. The van der Waals surface area contributed by atoms with Crippen LogP contribution in [0.25, 0.3) is 0 Å². The normalized spacial score (nSPS) is 12.0. The molecule has 0 saturated carbocycles. The molecule has 0 amide bonds. The first-order valence-electron chi connectivity index (χ1n) is 16.6. The van der Waals surface area contributed by atoms with Crippen LogP contribution in [0.3, 0.4) is 0 Å². The van der Waals surface area contributed by atoms with Crippen LogP contribution in [0.1, 0.15) is 175 Å². The molecule has 0 heterocycles. The first-order valence-corrected chi connectivity index (χ1v) is 16.6. The van der Waals surface area contributed by atoms with Crippen molar-refractivity contribution in [3.05, 3.63) is 0 Å². The average molecular weight is 541 g/mol. The van der Waals surface area contributed by atoms with Crippen LogP contribution in [-0.2, 0) is 23.8 Å². The molecular formula is C33H64O5. The zero-order valence-electron chi connectivity index (χ0n) is 25.7. The highest BCUT2D eigenvalue weighted by molar-refractivity contribution is 5.70. The van der Waals surface area contributed by atoms with E-state index in [-0.39, 0.29) is 25.2 Å². The predicted octanol–water partition coefficient (Wildman–Crippen LogP) is 9.88. The van der Waals surface area contributed by atoms with Crippen LogP contribution < -0.4 is 0 Å². The third-order valence-corrected chi connectivity index (χ3v) is 7.21. The van der Waals surface area contributed by atoms with Gasteiger partial charge in [-0.25, -0.2) is 0 Å². The summed E-state index contributed by atoms with van der Waals surface area (Å²) in [6, 6.07) is 0. The monoisotopic (exact) mass is 540 g/mol. The summed E-state index contributed by atoms with van der Waals surface area (Å²) in [5.41, 5.74) is 0. The van der Waals surface area contributed by atoms with Crippen molar-refractivity contribution < 1.29 is 23.8 Å². The van der Waals surface area contributed by atoms with Gasteiger partial charge in [0.05, 0.1) is 6.61 Å². The molecule has 0 aliphatic heterocycles. The van der Waals surface area contributed by atoms with E-state index in [0.717, 1.165) is 25.7 Å². The number of hydrogen-bond acceptors (Lipinski definition) is 5. The molecule has 0 aliphatic carbocycles. The maximum Gasteiger partial charge on any atom is 0.306 e. The lowest BCUT2D eigenvalue weighted by Crippen LogP contribution is -2.29. The molecule has 5 nitrogen and oxygen atoms in total. The fraction of sp³-hybridized carbons (Fsp3) is 0.939. The van der Waals surface area contributed by atoms with Gasteiger partial charge in [0.2, 0.25) is 0 Å². The van der Waals surface area contributed by atoms with Gasteiger partial charge < -0.3 is 14.2 Å². The van der Waals surface area contributed by atoms with Crippen molar-refractivity contribution in [1.82, 2.24) is 0 Å². The fourth-order valence-corrected chi connectivity index (χ4v) is 4.74. The molecule has 0 rings (SSSR count). The molecule has 0 saturated heterocycles. The number of esters is 2. The molecule has 0 aromatic rings. The van der Waals surface area contributed by atoms with Crippen molar-refractivity contribution in [2.24, 2.45) is 0 Å². The maximum absolute atomic E-state index is 12.3. The van der Waals surface area contributed by atoms with Gasteiger partial charge in [-0.2, -0.15) is 0 Å². The summed E-state index contributed by atoms with van der Waals surface area (Å²) in [6.45, 7) is 7.31. The Morgan fingerprint density at radius 3 is 1.24 bits per heavy atom. The summed E-state index contributed by atoms with van der Waals surface area (Å²) in [6.07, 6.45) is 27.9. The van der Waals surface area contributed by atoms with Gasteiger partial charge in [0, 0.05) is 19.4 Å². The number of unbranched alkanes of at least 4 members (excludes halogenated alkanes) is 20. The van der Waals surface area contributed by atoms with E-state index in [2.05, 4.69) is 13.8 Å². The van der Waals surface area contributed by atoms with E-state index in [1.54, 1.807) is 0 Å². The second-order valence-corrected chi connectivity index (χ2v) is 11.0. The molecule has 0 fully saturated rings. The first-order chi connectivity index (χ1) is 18.6. The smallest absolute Gasteiger partial charge is 0.306 e. The Hall–Kier alpha value is -1.10. The highest BCUT2D eigenvalue weighted by Gasteiger charge is 2.17. The molecular weight excluding hydrogens is 476 g/mol. The van der Waals surface area contributed by atoms with Gasteiger partial charge in [-0.1, -0.05) is 142 Å². The van der Waals surface area contributed by atoms with Crippen molar-refractivity contribution >= 4 is 11.9 Å². The topological polar surface area (TPSA) is 61.8 Å². The number of rotatable bonds is 30. The van der Waals surface area contributed by atoms with E-state index >= 15 is 0 Å². The number of carbonyl (C=O) groups is 2. The van der Waals surface area contributed by atoms with Crippen molar-refractivity contribution in [1.29, 1.82) is 0 Å². The van der Waals surface area contributed by atoms with Gasteiger partial charge in [0.1, 0.15) is 6.61 Å². The van der Waals surface area contributed by atoms with Gasteiger partial charge >= 0.3 is 11.9 Å². The molecule has 38 heavy (non-hydrogen) atoms. The van der Waals surface area contributed by atoms with Crippen molar-refractivity contribution in [3.8, 4) is 0 Å². The Balaban J connectivity index is 3.78. The summed E-state index contributed by atoms with van der Waals surface area (Å²) in [4.78, 5) is 24.4. The first kappa shape index (κ1) is 36.9. The van der Waals surface area contributed by atoms with E-state index in [9.17, 15) is 9.59 Å². The average Bonchev–Trinajstić information content (AvgIpc) is 2.91. The van der Waals surface area contributed by atoms with Crippen LogP contribution in [0.15, 0.2) is 0 Å². The lowest BCUT2D eigenvalue weighted by atomic mass is 10.1. The molecule has 0 bridgehead atoms. The predicted molar refractivity (Wildman–Crippen MR) is 159 cm³/mol. The molecule has 1 atom stereocenters. The zero-order valence-corrected chi connectivity index (χ0v) is 25.7. The maximum atomic E-state index is 12.3. The quantitative estimate of drug-likeness (QED) is 0.0670. The van der Waals surface area contributed by atoms with E-state index in [1.807, 2.05) is 6.92 Å². The van der Waals surface area contributed by atoms with Crippen molar-refractivity contribution in [2.75, 3.05) is 19.8 Å². The number of ether oxygens (including phenoxy) is 3. The van der Waals surface area contributed by atoms with E-state index in [0.29, 0.717) is 19.4 Å². The molecule has 5 heteroatoms. The SMILES string of the molecule is CCCCCCCCCCCCCC(=O)OCC(COCC)OC(=O)CCCCCCCCCCCCC. The fourth-order valence-electron chi connectivity index (χ4n) is 4.74. The van der Waals surface area contributed by atoms with Crippen molar-refractivity contribution in [2.45, 2.75) is 181 Å². The van der Waals surface area contributed by atoms with E-state index < -0.39 is 6.10 Å². The van der Waals surface area contributed by atoms with Crippen LogP contribution in [0.5, 0.6) is 0 Å². The molecule has 0 aromatic heterocycles. The Labute approximate surface area is 236 Å². The molecule has 0 aromatic carbocycles. The second kappa shape index (κ2) is 30.4. The molecule has 0 radical (unpaired) electrons. The summed E-state index contributed by atoms with van der Waals surface area (Å²) < 4.78 is 16.4. The van der Waals surface area contributed by atoms with Gasteiger partial charge in [-0.15, -0.1) is 0 Å². The Kier molecular flexibility index (Phi) is 29.6. The van der Waals surface area contributed by atoms with E-state index in [1.165, 1.54) is 116 Å². The van der Waals surface area contributed by atoms with Crippen LogP contribution in [-0.4, -0.2) is 37.9 Å². The van der Waals surface area contributed by atoms with E-state index in [4.69, 9.17) is 14.2 Å². The van der Waals surface area contributed by atoms with Gasteiger partial charge in [0.25, 0.3) is 0 Å². The minimum atomic E-state index is -0.517. The third-order valence-electron chi connectivity index (χ3n) is 7.21. The molecule has 0 N–H and O–H groups in total. The van der Waals surface area contributed by atoms with Crippen molar-refractivity contribution in [3.63, 3.8) is 0 Å². The summed E-state index contributed by atoms with van der Waals surface area (Å²) >= 11 is 0. The lowest BCUT2D eigenvalue weighted by molar-refractivity contribution is -0.162. The Bertz CT molecular complexity index is 508. The molecule has 1 unspecified atom stereocenters. The van der Waals surface area contributed by atoms with Gasteiger partial charge in [-0.05, 0) is 19.8 Å². The Morgan fingerprint density at radius 1 is 0.474 bits per heavy atom. The molecule has 0 aliphatic rings. The zero-order chi connectivity index (χ0) is 27.9. The van der Waals surface area contributed by atoms with Crippen LogP contribution in [0.2, 0.25) is 0 Å². The third kappa shape index (κ3) is 27.9.